The maximum atomic E-state index is 5.93. The van der Waals surface area contributed by atoms with Crippen LogP contribution >= 0.6 is 0 Å². The monoisotopic (exact) mass is 249 g/mol. The molecular weight excluding hydrogens is 226 g/mol. The molecule has 0 aromatic carbocycles. The van der Waals surface area contributed by atoms with Crippen molar-refractivity contribution in [1.82, 2.24) is 10.3 Å². The Morgan fingerprint density at radius 3 is 2.83 bits per heavy atom. The van der Waals surface area contributed by atoms with E-state index in [4.69, 9.17) is 10.5 Å². The van der Waals surface area contributed by atoms with Gasteiger partial charge in [0.05, 0.1) is 5.60 Å². The average Bonchev–Trinajstić information content (AvgIpc) is 2.31. The number of hydrogen-bond donors (Lipinski definition) is 2. The van der Waals surface area contributed by atoms with Gasteiger partial charge >= 0.3 is 0 Å². The Kier molecular flexibility index (Phi) is 4.19. The molecule has 4 heteroatoms. The molecule has 1 unspecified atom stereocenters. The molecule has 0 saturated heterocycles. The Morgan fingerprint density at radius 1 is 1.56 bits per heavy atom. The van der Waals surface area contributed by atoms with E-state index in [0.29, 0.717) is 11.9 Å². The number of nitrogen functional groups attached to an aromatic ring is 1. The highest BCUT2D eigenvalue weighted by atomic mass is 16.5. The van der Waals surface area contributed by atoms with Crippen molar-refractivity contribution in [3.8, 4) is 0 Å². The molecule has 1 aliphatic rings. The van der Waals surface area contributed by atoms with E-state index in [9.17, 15) is 0 Å². The van der Waals surface area contributed by atoms with Crippen LogP contribution in [0.15, 0.2) is 18.3 Å². The number of likely N-dealkylation sites (N-methyl/N-ethyl adjacent to an activating group) is 1. The van der Waals surface area contributed by atoms with Gasteiger partial charge in [0, 0.05) is 19.3 Å². The zero-order chi connectivity index (χ0) is 13.0. The van der Waals surface area contributed by atoms with E-state index in [2.05, 4.69) is 23.3 Å². The highest BCUT2D eigenvalue weighted by Gasteiger charge is 2.44. The van der Waals surface area contributed by atoms with Gasteiger partial charge in [-0.15, -0.1) is 0 Å². The quantitative estimate of drug-likeness (QED) is 0.806. The van der Waals surface area contributed by atoms with Crippen molar-refractivity contribution in [1.29, 1.82) is 0 Å². The number of nitrogens with one attached hydrogen (secondary N) is 1. The Bertz CT molecular complexity index is 385. The Hall–Kier alpha value is -1.13. The summed E-state index contributed by atoms with van der Waals surface area (Å²) in [6.45, 7) is 3.07. The summed E-state index contributed by atoms with van der Waals surface area (Å²) in [5, 5.41) is 3.54. The molecule has 1 fully saturated rings. The van der Waals surface area contributed by atoms with Crippen LogP contribution in [0.25, 0.3) is 0 Å². The molecule has 0 radical (unpaired) electrons. The molecule has 1 atom stereocenters. The number of anilines is 1. The molecule has 18 heavy (non-hydrogen) atoms. The normalized spacial score (nSPS) is 19.2. The highest BCUT2D eigenvalue weighted by molar-refractivity contribution is 5.39. The van der Waals surface area contributed by atoms with Crippen molar-refractivity contribution < 1.29 is 4.74 Å². The fourth-order valence-electron chi connectivity index (χ4n) is 2.75. The van der Waals surface area contributed by atoms with Gasteiger partial charge in [-0.25, -0.2) is 4.98 Å². The van der Waals surface area contributed by atoms with Gasteiger partial charge in [-0.3, -0.25) is 0 Å². The smallest absolute Gasteiger partial charge is 0.126 e. The van der Waals surface area contributed by atoms with Crippen molar-refractivity contribution in [2.45, 2.75) is 44.2 Å². The number of ether oxygens (including phenoxy) is 1. The molecule has 0 amide bonds. The van der Waals surface area contributed by atoms with E-state index in [1.807, 2.05) is 13.2 Å². The van der Waals surface area contributed by atoms with E-state index in [0.717, 1.165) is 31.4 Å². The van der Waals surface area contributed by atoms with E-state index in [-0.39, 0.29) is 5.60 Å². The first-order valence-corrected chi connectivity index (χ1v) is 6.70. The maximum absolute atomic E-state index is 5.93. The first-order valence-electron chi connectivity index (χ1n) is 6.70. The Morgan fingerprint density at radius 2 is 2.33 bits per heavy atom. The molecule has 2 rings (SSSR count). The molecule has 1 aromatic rings. The molecule has 1 aliphatic carbocycles. The summed E-state index contributed by atoms with van der Waals surface area (Å²) in [5.74, 6) is 0.631. The minimum absolute atomic E-state index is 0.0156. The van der Waals surface area contributed by atoms with Gasteiger partial charge < -0.3 is 15.8 Å². The van der Waals surface area contributed by atoms with Gasteiger partial charge in [0.15, 0.2) is 0 Å². The minimum Gasteiger partial charge on any atom is -0.383 e. The van der Waals surface area contributed by atoms with Crippen molar-refractivity contribution in [2.24, 2.45) is 0 Å². The third-order valence-corrected chi connectivity index (χ3v) is 4.04. The number of aromatic nitrogens is 1. The Balaban J connectivity index is 2.14. The van der Waals surface area contributed by atoms with Gasteiger partial charge in [-0.05, 0) is 43.9 Å². The minimum atomic E-state index is -0.0156. The molecule has 100 valence electrons. The second-order valence-electron chi connectivity index (χ2n) is 4.98. The second kappa shape index (κ2) is 5.67. The second-order valence-corrected chi connectivity index (χ2v) is 4.98. The lowest BCUT2D eigenvalue weighted by molar-refractivity contribution is -0.0977. The molecular formula is C14H23N3O. The lowest BCUT2D eigenvalue weighted by Crippen LogP contribution is -2.57. The highest BCUT2D eigenvalue weighted by Crippen LogP contribution is 2.39. The summed E-state index contributed by atoms with van der Waals surface area (Å²) < 4.78 is 5.78. The van der Waals surface area contributed by atoms with Crippen LogP contribution in [0.4, 0.5) is 5.82 Å². The van der Waals surface area contributed by atoms with Crippen LogP contribution in [0.1, 0.15) is 31.7 Å². The molecule has 1 aromatic heterocycles. The number of pyridine rings is 1. The predicted molar refractivity (Wildman–Crippen MR) is 73.4 cm³/mol. The lowest BCUT2D eigenvalue weighted by atomic mass is 9.72. The summed E-state index contributed by atoms with van der Waals surface area (Å²) in [7, 11) is 1.82. The van der Waals surface area contributed by atoms with Gasteiger partial charge in [-0.1, -0.05) is 13.0 Å². The molecule has 1 saturated carbocycles. The number of nitrogens with zero attached hydrogens (tertiary/aromatic N) is 1. The molecule has 1 heterocycles. The van der Waals surface area contributed by atoms with Gasteiger partial charge in [0.25, 0.3) is 0 Å². The van der Waals surface area contributed by atoms with Gasteiger partial charge in [0.1, 0.15) is 5.82 Å². The molecule has 0 bridgehead atoms. The van der Waals surface area contributed by atoms with E-state index < -0.39 is 0 Å². The average molecular weight is 249 g/mol. The molecule has 0 aliphatic heterocycles. The third kappa shape index (κ3) is 2.49. The first-order chi connectivity index (χ1) is 8.72. The molecule has 4 nitrogen and oxygen atoms in total. The van der Waals surface area contributed by atoms with Crippen LogP contribution in [-0.4, -0.2) is 30.3 Å². The van der Waals surface area contributed by atoms with Crippen LogP contribution in [0.5, 0.6) is 0 Å². The number of methoxy groups -OCH3 is 1. The van der Waals surface area contributed by atoms with E-state index in [1.165, 1.54) is 6.42 Å². The fraction of sp³-hybridized carbons (Fsp3) is 0.643. The zero-order valence-corrected chi connectivity index (χ0v) is 11.3. The topological polar surface area (TPSA) is 60.2 Å². The molecule has 0 spiro atoms. The summed E-state index contributed by atoms with van der Waals surface area (Å²) in [4.78, 5) is 4.15. The first kappa shape index (κ1) is 13.3. The van der Waals surface area contributed by atoms with E-state index >= 15 is 0 Å². The number of hydrogen-bond acceptors (Lipinski definition) is 4. The SMILES string of the molecule is CCNC(Cc1cccnc1N)C1(OC)CCC1. The fourth-order valence-corrected chi connectivity index (χ4v) is 2.75. The largest absolute Gasteiger partial charge is 0.383 e. The van der Waals surface area contributed by atoms with Gasteiger partial charge in [0.2, 0.25) is 0 Å². The van der Waals surface area contributed by atoms with E-state index in [1.54, 1.807) is 6.20 Å². The number of rotatable bonds is 6. The number of nitrogens with two attached hydrogens (primary N) is 1. The Labute approximate surface area is 109 Å². The van der Waals surface area contributed by atoms with Crippen molar-refractivity contribution in [3.05, 3.63) is 23.9 Å². The predicted octanol–water partition coefficient (Wildman–Crippen LogP) is 1.75. The summed E-state index contributed by atoms with van der Waals surface area (Å²) in [5.41, 5.74) is 7.02. The maximum Gasteiger partial charge on any atom is 0.126 e. The van der Waals surface area contributed by atoms with Crippen molar-refractivity contribution >= 4 is 5.82 Å². The lowest BCUT2D eigenvalue weighted by Gasteiger charge is -2.47. The summed E-state index contributed by atoms with van der Waals surface area (Å²) in [6, 6.07) is 4.30. The standard InChI is InChI=1S/C14H23N3O/c1-3-16-12(14(18-2)7-5-8-14)10-11-6-4-9-17-13(11)15/h4,6,9,12,16H,3,5,7-8,10H2,1-2H3,(H2,15,17). The molecule has 3 N–H and O–H groups in total. The van der Waals surface area contributed by atoms with Crippen molar-refractivity contribution in [2.75, 3.05) is 19.4 Å². The van der Waals surface area contributed by atoms with Gasteiger partial charge in [-0.2, -0.15) is 0 Å². The van der Waals surface area contributed by atoms with Crippen molar-refractivity contribution in [3.63, 3.8) is 0 Å². The third-order valence-electron chi connectivity index (χ3n) is 4.04. The van der Waals surface area contributed by atoms with Crippen LogP contribution in [-0.2, 0) is 11.2 Å². The van der Waals surface area contributed by atoms with Crippen LogP contribution < -0.4 is 11.1 Å². The van der Waals surface area contributed by atoms with Crippen LogP contribution in [0, 0.1) is 0 Å². The summed E-state index contributed by atoms with van der Waals surface area (Å²) >= 11 is 0. The zero-order valence-electron chi connectivity index (χ0n) is 11.3. The summed E-state index contributed by atoms with van der Waals surface area (Å²) in [6.07, 6.45) is 6.11. The van der Waals surface area contributed by atoms with Crippen LogP contribution in [0.2, 0.25) is 0 Å². The van der Waals surface area contributed by atoms with Crippen LogP contribution in [0.3, 0.4) is 0 Å².